The molecule has 1 aromatic rings. The summed E-state index contributed by atoms with van der Waals surface area (Å²) in [6.45, 7) is 4.87. The quantitative estimate of drug-likeness (QED) is 0.436. The van der Waals surface area contributed by atoms with Crippen molar-refractivity contribution >= 4 is 10.4 Å². The second-order valence-electron chi connectivity index (χ2n) is 8.49. The second kappa shape index (κ2) is 7.77. The third kappa shape index (κ3) is 3.72. The molecule has 6 heteroatoms. The zero-order chi connectivity index (χ0) is 17.8. The first-order valence-electron chi connectivity index (χ1n) is 9.60. The molecular formula is C20H27KO4S. The Morgan fingerprint density at radius 3 is 2.69 bits per heavy atom. The van der Waals surface area contributed by atoms with E-state index in [1.165, 1.54) is 44.1 Å². The van der Waals surface area contributed by atoms with Crippen molar-refractivity contribution in [3.63, 3.8) is 0 Å². The Kier molecular flexibility index (Phi) is 6.36. The number of fused-ring (bicyclic) bond motifs is 5. The van der Waals surface area contributed by atoms with Crippen molar-refractivity contribution < 1.29 is 68.5 Å². The van der Waals surface area contributed by atoms with Gasteiger partial charge in [-0.05, 0) is 90.9 Å². The van der Waals surface area contributed by atoms with E-state index >= 15 is 0 Å². The van der Waals surface area contributed by atoms with Gasteiger partial charge >= 0.3 is 51.4 Å². The third-order valence-corrected chi connectivity index (χ3v) is 7.98. The SMILES string of the molecule is CC[C@H]1CCC2C3CCc4cc(OS(=O)(=O)[O-])ccc4C3CC[C@@]21C.[K+]. The Morgan fingerprint density at radius 2 is 2.00 bits per heavy atom. The summed E-state index contributed by atoms with van der Waals surface area (Å²) in [6, 6.07) is 5.41. The van der Waals surface area contributed by atoms with Gasteiger partial charge in [-0.1, -0.05) is 26.3 Å². The zero-order valence-corrected chi connectivity index (χ0v) is 20.0. The maximum absolute atomic E-state index is 10.8. The maximum Gasteiger partial charge on any atom is 1.00 e. The van der Waals surface area contributed by atoms with E-state index < -0.39 is 10.4 Å². The van der Waals surface area contributed by atoms with E-state index in [0.29, 0.717) is 11.3 Å². The van der Waals surface area contributed by atoms with Crippen LogP contribution in [-0.2, 0) is 16.8 Å². The Morgan fingerprint density at radius 1 is 1.23 bits per heavy atom. The van der Waals surface area contributed by atoms with Gasteiger partial charge in [0.05, 0.1) is 0 Å². The largest absolute Gasteiger partial charge is 1.00 e. The van der Waals surface area contributed by atoms with Gasteiger partial charge in [0, 0.05) is 0 Å². The monoisotopic (exact) mass is 402 g/mol. The summed E-state index contributed by atoms with van der Waals surface area (Å²) < 4.78 is 37.0. The van der Waals surface area contributed by atoms with Crippen LogP contribution in [0.5, 0.6) is 5.75 Å². The number of hydrogen-bond donors (Lipinski definition) is 0. The van der Waals surface area contributed by atoms with Crippen LogP contribution in [0.15, 0.2) is 18.2 Å². The summed E-state index contributed by atoms with van der Waals surface area (Å²) in [4.78, 5) is 0. The van der Waals surface area contributed by atoms with Gasteiger partial charge in [-0.15, -0.1) is 0 Å². The maximum atomic E-state index is 10.8. The molecule has 0 aliphatic heterocycles. The van der Waals surface area contributed by atoms with Crippen LogP contribution in [0.25, 0.3) is 0 Å². The number of aryl methyl sites for hydroxylation is 1. The van der Waals surface area contributed by atoms with E-state index in [1.54, 1.807) is 12.1 Å². The third-order valence-electron chi connectivity index (χ3n) is 7.59. The summed E-state index contributed by atoms with van der Waals surface area (Å²) in [5.41, 5.74) is 3.03. The van der Waals surface area contributed by atoms with Crippen molar-refractivity contribution in [2.75, 3.05) is 0 Å². The van der Waals surface area contributed by atoms with Crippen LogP contribution in [0.2, 0.25) is 0 Å². The molecule has 0 bridgehead atoms. The first-order valence-corrected chi connectivity index (χ1v) is 10.9. The van der Waals surface area contributed by atoms with E-state index in [1.807, 2.05) is 6.07 Å². The van der Waals surface area contributed by atoms with E-state index in [-0.39, 0.29) is 57.1 Å². The summed E-state index contributed by atoms with van der Waals surface area (Å²) >= 11 is 0. The van der Waals surface area contributed by atoms with Crippen molar-refractivity contribution in [2.45, 2.75) is 64.7 Å². The molecule has 138 valence electrons. The molecule has 0 spiro atoms. The second-order valence-corrected chi connectivity index (χ2v) is 9.48. The van der Waals surface area contributed by atoms with Crippen LogP contribution in [0.3, 0.4) is 0 Å². The van der Waals surface area contributed by atoms with Crippen molar-refractivity contribution in [1.82, 2.24) is 0 Å². The molecule has 0 radical (unpaired) electrons. The van der Waals surface area contributed by atoms with Crippen LogP contribution in [0, 0.1) is 23.2 Å². The Bertz CT molecular complexity index is 778. The minimum Gasteiger partial charge on any atom is -0.716 e. The molecule has 3 aliphatic rings. The van der Waals surface area contributed by atoms with Gasteiger partial charge in [0.2, 0.25) is 0 Å². The van der Waals surface area contributed by atoms with Crippen LogP contribution < -0.4 is 55.6 Å². The first-order chi connectivity index (χ1) is 11.8. The number of benzene rings is 1. The predicted molar refractivity (Wildman–Crippen MR) is 95.2 cm³/mol. The van der Waals surface area contributed by atoms with E-state index in [4.69, 9.17) is 0 Å². The summed E-state index contributed by atoms with van der Waals surface area (Å²) in [5, 5.41) is 0. The Hall–Kier alpha value is 0.566. The molecule has 0 heterocycles. The van der Waals surface area contributed by atoms with Crippen LogP contribution in [0.1, 0.15) is 69.4 Å². The summed E-state index contributed by atoms with van der Waals surface area (Å²) in [5.74, 6) is 3.17. The van der Waals surface area contributed by atoms with E-state index in [0.717, 1.165) is 29.7 Å². The molecule has 4 rings (SSSR count). The molecule has 0 amide bonds. The van der Waals surface area contributed by atoms with Crippen LogP contribution >= 0.6 is 0 Å². The smallest absolute Gasteiger partial charge is 0.716 e. The molecule has 0 N–H and O–H groups in total. The molecule has 0 saturated heterocycles. The normalized spacial score (nSPS) is 35.7. The van der Waals surface area contributed by atoms with Crippen LogP contribution in [0.4, 0.5) is 0 Å². The predicted octanol–water partition coefficient (Wildman–Crippen LogP) is 1.41. The van der Waals surface area contributed by atoms with Gasteiger partial charge in [-0.2, -0.15) is 0 Å². The standard InChI is InChI=1S/C20H28O4S.K/c1-3-14-5-9-19-18-7-4-13-12-15(24-25(21,22)23)6-8-16(13)17(18)10-11-20(14,19)2;/h6,8,12,14,17-19H,3-5,7,9-11H2,1-2H3,(H,21,22,23);/q;+1/p-1/t14-,17?,18?,19?,20+;/m0./s1. The average Bonchev–Trinajstić information content (AvgIpc) is 2.89. The van der Waals surface area contributed by atoms with Crippen molar-refractivity contribution in [2.24, 2.45) is 23.2 Å². The molecule has 5 atom stereocenters. The molecule has 3 unspecified atom stereocenters. The number of hydrogen-bond acceptors (Lipinski definition) is 4. The average molecular weight is 403 g/mol. The topological polar surface area (TPSA) is 66.4 Å². The van der Waals surface area contributed by atoms with Gasteiger partial charge < -0.3 is 8.74 Å². The first kappa shape index (κ1) is 21.3. The molecular weight excluding hydrogens is 375 g/mol. The molecule has 26 heavy (non-hydrogen) atoms. The van der Waals surface area contributed by atoms with Crippen molar-refractivity contribution in [3.05, 3.63) is 29.3 Å². The fourth-order valence-corrected chi connectivity index (χ4v) is 6.85. The fraction of sp³-hybridized carbons (Fsp3) is 0.700. The molecule has 1 aromatic carbocycles. The minimum absolute atomic E-state index is 0. The van der Waals surface area contributed by atoms with Gasteiger partial charge in [0.25, 0.3) is 10.4 Å². The van der Waals surface area contributed by atoms with Crippen molar-refractivity contribution in [1.29, 1.82) is 0 Å². The Balaban J connectivity index is 0.00000196. The van der Waals surface area contributed by atoms with Crippen LogP contribution in [-0.4, -0.2) is 13.0 Å². The molecule has 4 nitrogen and oxygen atoms in total. The van der Waals surface area contributed by atoms with Gasteiger partial charge in [0.1, 0.15) is 5.75 Å². The van der Waals surface area contributed by atoms with E-state index in [2.05, 4.69) is 18.0 Å². The molecule has 3 aliphatic carbocycles. The molecule has 0 aromatic heterocycles. The van der Waals surface area contributed by atoms with Gasteiger partial charge in [-0.3, -0.25) is 0 Å². The summed E-state index contributed by atoms with van der Waals surface area (Å²) in [7, 11) is -4.71. The summed E-state index contributed by atoms with van der Waals surface area (Å²) in [6.07, 6.45) is 8.68. The zero-order valence-electron chi connectivity index (χ0n) is 16.0. The molecule has 2 saturated carbocycles. The number of rotatable bonds is 3. The Labute approximate surface area is 199 Å². The fourth-order valence-electron chi connectivity index (χ4n) is 6.51. The molecule has 2 fully saturated rings. The minimum atomic E-state index is -4.71. The van der Waals surface area contributed by atoms with Gasteiger partial charge in [0.15, 0.2) is 0 Å². The van der Waals surface area contributed by atoms with Crippen molar-refractivity contribution in [3.8, 4) is 5.75 Å². The van der Waals surface area contributed by atoms with Gasteiger partial charge in [-0.25, -0.2) is 8.42 Å². The van der Waals surface area contributed by atoms with E-state index in [9.17, 15) is 13.0 Å².